The molecule has 2 aliphatic rings. The number of fused-ring (bicyclic) bond motifs is 2. The molecule has 2 aliphatic heterocycles. The molecule has 2 saturated heterocycles. The number of H-pyrrole nitrogens is 1. The summed E-state index contributed by atoms with van der Waals surface area (Å²) >= 11 is 0. The zero-order valence-corrected chi connectivity index (χ0v) is 26.3. The largest absolute Gasteiger partial charge is 0.488 e. The van der Waals surface area contributed by atoms with Gasteiger partial charge in [-0.2, -0.15) is 9.40 Å². The van der Waals surface area contributed by atoms with E-state index in [-0.39, 0.29) is 22.0 Å². The summed E-state index contributed by atoms with van der Waals surface area (Å²) in [6.45, 7) is 9.51. The Morgan fingerprint density at radius 2 is 1.65 bits per heavy atom. The monoisotopic (exact) mass is 612 g/mol. The minimum Gasteiger partial charge on any atom is -0.488 e. The lowest BCUT2D eigenvalue weighted by Gasteiger charge is -2.35. The Hall–Kier alpha value is -3.46. The molecular weight excluding hydrogens is 572 g/mol. The van der Waals surface area contributed by atoms with Gasteiger partial charge in [0, 0.05) is 64.8 Å². The second-order valence-corrected chi connectivity index (χ2v) is 13.3. The van der Waals surface area contributed by atoms with Gasteiger partial charge in [-0.15, -0.1) is 0 Å². The molecule has 6 rings (SSSR count). The van der Waals surface area contributed by atoms with Crippen LogP contribution >= 0.6 is 0 Å². The summed E-state index contributed by atoms with van der Waals surface area (Å²) in [7, 11) is 1.90. The summed E-state index contributed by atoms with van der Waals surface area (Å²) in [5, 5.41) is 4.92. The molecule has 0 atom stereocenters. The first kappa shape index (κ1) is 29.6. The van der Waals surface area contributed by atoms with Crippen molar-refractivity contribution in [3.63, 3.8) is 0 Å². The van der Waals surface area contributed by atoms with E-state index in [0.29, 0.717) is 72.6 Å². The van der Waals surface area contributed by atoms with Gasteiger partial charge in [0.2, 0.25) is 10.0 Å². The Bertz CT molecular complexity index is 1810. The van der Waals surface area contributed by atoms with Crippen molar-refractivity contribution in [1.82, 2.24) is 33.9 Å². The van der Waals surface area contributed by atoms with E-state index in [0.717, 1.165) is 38.3 Å². The number of hydrogen-bond donors (Lipinski definition) is 1. The molecule has 2 fully saturated rings. The zero-order chi connectivity index (χ0) is 30.5. The molecule has 3 aromatic heterocycles. The smallest absolute Gasteiger partial charge is 0.277 e. The maximum atomic E-state index is 14.3. The van der Waals surface area contributed by atoms with E-state index in [4.69, 9.17) is 14.1 Å². The van der Waals surface area contributed by atoms with Gasteiger partial charge in [0.25, 0.3) is 5.56 Å². The Kier molecular flexibility index (Phi) is 7.96. The Morgan fingerprint density at radius 1 is 0.977 bits per heavy atom. The van der Waals surface area contributed by atoms with Crippen LogP contribution in [0.5, 0.6) is 5.75 Å². The van der Waals surface area contributed by atoms with E-state index in [2.05, 4.69) is 31.8 Å². The third-order valence-corrected chi connectivity index (χ3v) is 10.3. The fourth-order valence-corrected chi connectivity index (χ4v) is 7.57. The second-order valence-electron chi connectivity index (χ2n) is 11.4. The Labute approximate surface area is 251 Å². The number of furan rings is 1. The molecule has 0 aliphatic carbocycles. The van der Waals surface area contributed by atoms with Crippen molar-refractivity contribution in [3.8, 4) is 17.3 Å². The highest BCUT2D eigenvalue weighted by Crippen LogP contribution is 2.44. The fraction of sp³-hybridized carbons (Fsp3) is 0.552. The molecule has 0 spiro atoms. The van der Waals surface area contributed by atoms with E-state index in [1.54, 1.807) is 28.2 Å². The van der Waals surface area contributed by atoms with E-state index >= 15 is 0 Å². The van der Waals surface area contributed by atoms with Gasteiger partial charge in [0.1, 0.15) is 5.52 Å². The molecular formula is C29H40N8O5S. The molecule has 0 bridgehead atoms. The molecule has 0 saturated carbocycles. The number of nitrogens with zero attached hydrogens (tertiary/aromatic N) is 7. The van der Waals surface area contributed by atoms with Crippen LogP contribution in [0, 0.1) is 0 Å². The number of piperazine rings is 2. The topological polar surface area (TPSA) is 133 Å². The van der Waals surface area contributed by atoms with Gasteiger partial charge < -0.3 is 28.8 Å². The standard InChI is InChI=1S/C29H40N8O5S/c1-6-8-20-24-25(35(5)32-20)29(38)31-28(30-24)22-17-19-23(43(39,40)37-15-11-34(4)12-16-37)18-21(27(41-7-2)26(19)42-22)36-13-9-33(3)10-14-36/h17-18H,6-16H2,1-5H3,(H,30,31,38). The van der Waals surface area contributed by atoms with Gasteiger partial charge in [0.15, 0.2) is 28.4 Å². The first-order valence-corrected chi connectivity index (χ1v) is 16.4. The molecule has 0 unspecified atom stereocenters. The molecule has 1 aromatic carbocycles. The average molecular weight is 613 g/mol. The van der Waals surface area contributed by atoms with Crippen LogP contribution in [-0.4, -0.2) is 115 Å². The highest BCUT2D eigenvalue weighted by molar-refractivity contribution is 7.89. The van der Waals surface area contributed by atoms with Crippen molar-refractivity contribution in [3.05, 3.63) is 28.2 Å². The second kappa shape index (κ2) is 11.6. The third kappa shape index (κ3) is 5.30. The van der Waals surface area contributed by atoms with E-state index < -0.39 is 10.0 Å². The van der Waals surface area contributed by atoms with Crippen LogP contribution in [-0.2, 0) is 23.5 Å². The van der Waals surface area contributed by atoms with Crippen LogP contribution in [0.2, 0.25) is 0 Å². The highest BCUT2D eigenvalue weighted by Gasteiger charge is 2.34. The highest BCUT2D eigenvalue weighted by atomic mass is 32.2. The van der Waals surface area contributed by atoms with Crippen LogP contribution < -0.4 is 15.2 Å². The minimum atomic E-state index is -3.89. The minimum absolute atomic E-state index is 0.163. The molecule has 232 valence electrons. The molecule has 0 radical (unpaired) electrons. The molecule has 43 heavy (non-hydrogen) atoms. The molecule has 13 nitrogen and oxygen atoms in total. The van der Waals surface area contributed by atoms with Gasteiger partial charge in [-0.25, -0.2) is 13.4 Å². The van der Waals surface area contributed by atoms with Gasteiger partial charge >= 0.3 is 0 Å². The number of likely N-dealkylation sites (N-methyl/N-ethyl adjacent to an activating group) is 2. The molecule has 0 amide bonds. The summed E-state index contributed by atoms with van der Waals surface area (Å²) in [5.41, 5.74) is 2.29. The lowest BCUT2D eigenvalue weighted by molar-refractivity contribution is 0.222. The molecule has 4 aromatic rings. The van der Waals surface area contributed by atoms with Crippen molar-refractivity contribution < 1.29 is 17.6 Å². The van der Waals surface area contributed by atoms with Crippen LogP contribution in [0.25, 0.3) is 33.6 Å². The Balaban J connectivity index is 1.58. The maximum Gasteiger partial charge on any atom is 0.277 e. The first-order valence-electron chi connectivity index (χ1n) is 14.9. The lowest BCUT2D eigenvalue weighted by atomic mass is 10.1. The SMILES string of the molecule is CCCc1nn(C)c2c(=O)[nH]c(-c3cc4c(S(=O)(=O)N5CCN(C)CC5)cc(N5CCN(C)CC5)c(OCC)c4o3)nc12. The molecule has 5 heterocycles. The van der Waals surface area contributed by atoms with Crippen LogP contribution in [0.4, 0.5) is 5.69 Å². The number of ether oxygens (including phenoxy) is 1. The third-order valence-electron chi connectivity index (χ3n) is 8.40. The first-order chi connectivity index (χ1) is 20.6. The van der Waals surface area contributed by atoms with Crippen molar-refractivity contribution in [1.29, 1.82) is 0 Å². The number of aromatic amines is 1. The van der Waals surface area contributed by atoms with Crippen molar-refractivity contribution >= 4 is 37.7 Å². The van der Waals surface area contributed by atoms with Gasteiger partial charge in [-0.3, -0.25) is 9.48 Å². The fourth-order valence-electron chi connectivity index (χ4n) is 5.96. The lowest BCUT2D eigenvalue weighted by Crippen LogP contribution is -2.47. The van der Waals surface area contributed by atoms with Crippen molar-refractivity contribution in [2.45, 2.75) is 31.6 Å². The summed E-state index contributed by atoms with van der Waals surface area (Å²) in [6.07, 6.45) is 1.52. The van der Waals surface area contributed by atoms with E-state index in [1.165, 1.54) is 0 Å². The Morgan fingerprint density at radius 3 is 2.30 bits per heavy atom. The predicted octanol–water partition coefficient (Wildman–Crippen LogP) is 2.11. The number of aryl methyl sites for hydroxylation is 2. The van der Waals surface area contributed by atoms with Crippen LogP contribution in [0.3, 0.4) is 0 Å². The number of rotatable bonds is 8. The van der Waals surface area contributed by atoms with Gasteiger partial charge in [-0.1, -0.05) is 13.3 Å². The van der Waals surface area contributed by atoms with Crippen molar-refractivity contribution in [2.75, 3.05) is 78.0 Å². The van der Waals surface area contributed by atoms with E-state index in [1.807, 2.05) is 20.9 Å². The number of sulfonamides is 1. The number of anilines is 1. The van der Waals surface area contributed by atoms with Gasteiger partial charge in [-0.05, 0) is 39.6 Å². The number of nitrogens with one attached hydrogen (secondary N) is 1. The quantitative estimate of drug-likeness (QED) is 0.315. The zero-order valence-electron chi connectivity index (χ0n) is 25.5. The van der Waals surface area contributed by atoms with Gasteiger partial charge in [0.05, 0.1) is 22.9 Å². The average Bonchev–Trinajstić information content (AvgIpc) is 3.56. The molecule has 1 N–H and O–H groups in total. The van der Waals surface area contributed by atoms with Crippen LogP contribution in [0.1, 0.15) is 26.0 Å². The predicted molar refractivity (Wildman–Crippen MR) is 165 cm³/mol. The van der Waals surface area contributed by atoms with Crippen LogP contribution in [0.15, 0.2) is 26.2 Å². The normalized spacial score (nSPS) is 17.8. The number of hydrogen-bond acceptors (Lipinski definition) is 10. The number of benzene rings is 1. The summed E-state index contributed by atoms with van der Waals surface area (Å²) in [4.78, 5) is 27.5. The summed E-state index contributed by atoms with van der Waals surface area (Å²) < 4.78 is 44.2. The van der Waals surface area contributed by atoms with Crippen molar-refractivity contribution in [2.24, 2.45) is 7.05 Å². The summed E-state index contributed by atoms with van der Waals surface area (Å²) in [6, 6.07) is 3.40. The maximum absolute atomic E-state index is 14.3. The molecule has 14 heteroatoms. The summed E-state index contributed by atoms with van der Waals surface area (Å²) in [5.74, 6) is 0.958. The van der Waals surface area contributed by atoms with E-state index in [9.17, 15) is 13.2 Å². The number of aromatic nitrogens is 4.